The topological polar surface area (TPSA) is 74.3 Å². The SMILES string of the molecule is Cc1nc(-c2ccccc2)sc1C(=O)N1CCC(F)(F)C(=CC(=O)NCC2CCNCC2)c2ccccc21.Cl.Cl. The Morgan fingerprint density at radius 3 is 2.50 bits per heavy atom. The summed E-state index contributed by atoms with van der Waals surface area (Å²) in [6.45, 7) is 3.81. The van der Waals surface area contributed by atoms with E-state index in [1.165, 1.54) is 16.2 Å². The number of aromatic nitrogens is 1. The third-order valence-electron chi connectivity index (χ3n) is 7.08. The molecule has 0 radical (unpaired) electrons. The first-order valence-corrected chi connectivity index (χ1v) is 13.7. The van der Waals surface area contributed by atoms with Crippen LogP contribution in [0.15, 0.2) is 60.7 Å². The highest BCUT2D eigenvalue weighted by molar-refractivity contribution is 7.17. The number of allylic oxidation sites excluding steroid dienone is 1. The molecule has 2 aliphatic rings. The predicted octanol–water partition coefficient (Wildman–Crippen LogP) is 6.15. The Morgan fingerprint density at radius 1 is 1.10 bits per heavy atom. The lowest BCUT2D eigenvalue weighted by Gasteiger charge is -2.23. The predicted molar refractivity (Wildman–Crippen MR) is 161 cm³/mol. The van der Waals surface area contributed by atoms with Crippen LogP contribution in [-0.4, -0.2) is 48.9 Å². The number of carbonyl (C=O) groups is 2. The fourth-order valence-corrected chi connectivity index (χ4v) is 5.99. The molecule has 2 aromatic carbocycles. The van der Waals surface area contributed by atoms with Gasteiger partial charge in [-0.1, -0.05) is 48.5 Å². The molecule has 11 heteroatoms. The summed E-state index contributed by atoms with van der Waals surface area (Å²) in [4.78, 5) is 32.9. The highest BCUT2D eigenvalue weighted by atomic mass is 35.5. The Labute approximate surface area is 249 Å². The zero-order valence-electron chi connectivity index (χ0n) is 22.0. The molecule has 40 heavy (non-hydrogen) atoms. The molecule has 3 aromatic rings. The molecule has 2 aliphatic heterocycles. The van der Waals surface area contributed by atoms with Gasteiger partial charge in [-0.15, -0.1) is 36.2 Å². The number of amides is 2. The van der Waals surface area contributed by atoms with Gasteiger partial charge >= 0.3 is 0 Å². The van der Waals surface area contributed by atoms with E-state index in [9.17, 15) is 9.59 Å². The number of thiazole rings is 1. The minimum Gasteiger partial charge on any atom is -0.352 e. The minimum absolute atomic E-state index is 0. The quantitative estimate of drug-likeness (QED) is 0.341. The number of hydrogen-bond acceptors (Lipinski definition) is 5. The fraction of sp³-hybridized carbons (Fsp3) is 0.345. The number of para-hydroxylation sites is 1. The number of nitrogens with zero attached hydrogens (tertiary/aromatic N) is 2. The van der Waals surface area contributed by atoms with Gasteiger partial charge in [-0.05, 0) is 44.8 Å². The van der Waals surface area contributed by atoms with Crippen molar-refractivity contribution in [1.82, 2.24) is 15.6 Å². The number of carbonyl (C=O) groups excluding carboxylic acids is 2. The second-order valence-electron chi connectivity index (χ2n) is 9.72. The van der Waals surface area contributed by atoms with Crippen molar-refractivity contribution in [3.8, 4) is 10.6 Å². The van der Waals surface area contributed by atoms with Gasteiger partial charge in [0.15, 0.2) is 0 Å². The van der Waals surface area contributed by atoms with E-state index in [0.29, 0.717) is 33.7 Å². The van der Waals surface area contributed by atoms with Crippen LogP contribution >= 0.6 is 36.2 Å². The van der Waals surface area contributed by atoms with Crippen LogP contribution < -0.4 is 15.5 Å². The molecule has 0 aliphatic carbocycles. The molecule has 0 unspecified atom stereocenters. The van der Waals surface area contributed by atoms with E-state index in [0.717, 1.165) is 37.6 Å². The van der Waals surface area contributed by atoms with Crippen molar-refractivity contribution < 1.29 is 18.4 Å². The first-order valence-electron chi connectivity index (χ1n) is 12.9. The third kappa shape index (κ3) is 6.89. The molecule has 1 fully saturated rings. The Balaban J connectivity index is 0.00000220. The van der Waals surface area contributed by atoms with E-state index < -0.39 is 18.3 Å². The number of hydrogen-bond donors (Lipinski definition) is 2. The summed E-state index contributed by atoms with van der Waals surface area (Å²) < 4.78 is 31.0. The van der Waals surface area contributed by atoms with Crippen LogP contribution in [0.5, 0.6) is 0 Å². The van der Waals surface area contributed by atoms with Gasteiger partial charge in [0.1, 0.15) is 9.88 Å². The Morgan fingerprint density at radius 2 is 1.77 bits per heavy atom. The van der Waals surface area contributed by atoms with Crippen LogP contribution in [0.25, 0.3) is 16.1 Å². The van der Waals surface area contributed by atoms with Crippen LogP contribution in [0.4, 0.5) is 14.5 Å². The molecule has 6 nitrogen and oxygen atoms in total. The lowest BCUT2D eigenvalue weighted by molar-refractivity contribution is -0.116. The van der Waals surface area contributed by atoms with Crippen molar-refractivity contribution in [2.45, 2.75) is 32.1 Å². The lowest BCUT2D eigenvalue weighted by atomic mass is 9.96. The first kappa shape index (κ1) is 31.7. The van der Waals surface area contributed by atoms with Crippen LogP contribution in [0, 0.1) is 12.8 Å². The largest absolute Gasteiger partial charge is 0.352 e. The van der Waals surface area contributed by atoms with E-state index in [4.69, 9.17) is 0 Å². The third-order valence-corrected chi connectivity index (χ3v) is 8.28. The summed E-state index contributed by atoms with van der Waals surface area (Å²) in [7, 11) is 0. The highest BCUT2D eigenvalue weighted by Gasteiger charge is 2.41. The van der Waals surface area contributed by atoms with Crippen molar-refractivity contribution in [2.75, 3.05) is 31.1 Å². The van der Waals surface area contributed by atoms with Gasteiger partial charge < -0.3 is 15.5 Å². The maximum Gasteiger partial charge on any atom is 0.275 e. The second kappa shape index (κ2) is 13.7. The molecule has 0 saturated carbocycles. The molecular weight excluding hydrogens is 577 g/mol. The van der Waals surface area contributed by atoms with Gasteiger partial charge in [0, 0.05) is 42.3 Å². The van der Waals surface area contributed by atoms with Gasteiger partial charge in [-0.25, -0.2) is 13.8 Å². The summed E-state index contributed by atoms with van der Waals surface area (Å²) >= 11 is 1.25. The second-order valence-corrected chi connectivity index (χ2v) is 10.7. The van der Waals surface area contributed by atoms with Crippen LogP contribution in [0.1, 0.15) is 40.2 Å². The van der Waals surface area contributed by atoms with Crippen molar-refractivity contribution in [1.29, 1.82) is 0 Å². The molecule has 0 atom stereocenters. The van der Waals surface area contributed by atoms with Crippen molar-refractivity contribution in [3.63, 3.8) is 0 Å². The molecular formula is C29H32Cl2F2N4O2S. The van der Waals surface area contributed by atoms with Crippen LogP contribution in [0.3, 0.4) is 0 Å². The summed E-state index contributed by atoms with van der Waals surface area (Å²) in [6, 6.07) is 16.1. The number of piperidine rings is 1. The first-order chi connectivity index (χ1) is 18.3. The van der Waals surface area contributed by atoms with Crippen molar-refractivity contribution in [2.24, 2.45) is 5.92 Å². The van der Waals surface area contributed by atoms with E-state index in [1.807, 2.05) is 30.3 Å². The molecule has 1 aromatic heterocycles. The van der Waals surface area contributed by atoms with Gasteiger partial charge in [0.25, 0.3) is 11.8 Å². The number of alkyl halides is 2. The molecule has 0 spiro atoms. The van der Waals surface area contributed by atoms with Crippen molar-refractivity contribution in [3.05, 3.63) is 76.8 Å². The average Bonchev–Trinajstić information content (AvgIpc) is 3.28. The molecule has 2 N–H and O–H groups in total. The van der Waals surface area contributed by atoms with Crippen LogP contribution in [0.2, 0.25) is 0 Å². The van der Waals surface area contributed by atoms with E-state index in [-0.39, 0.29) is 48.4 Å². The zero-order chi connectivity index (χ0) is 26.7. The number of benzene rings is 2. The van der Waals surface area contributed by atoms with Gasteiger partial charge in [0.05, 0.1) is 11.4 Å². The Bertz CT molecular complexity index is 1360. The summed E-state index contributed by atoms with van der Waals surface area (Å²) in [5, 5.41) is 6.79. The maximum absolute atomic E-state index is 15.5. The molecule has 2 amide bonds. The Hall–Kier alpha value is -2.85. The van der Waals surface area contributed by atoms with E-state index in [1.54, 1.807) is 31.2 Å². The van der Waals surface area contributed by atoms with Gasteiger partial charge in [-0.3, -0.25) is 9.59 Å². The van der Waals surface area contributed by atoms with Crippen LogP contribution in [-0.2, 0) is 4.79 Å². The summed E-state index contributed by atoms with van der Waals surface area (Å²) in [5.41, 5.74) is 1.63. The number of halogens is 4. The van der Waals surface area contributed by atoms with Gasteiger partial charge in [0.2, 0.25) is 5.91 Å². The molecule has 0 bridgehead atoms. The Kier molecular flexibility index (Phi) is 10.8. The summed E-state index contributed by atoms with van der Waals surface area (Å²) in [5.74, 6) is -3.87. The minimum atomic E-state index is -3.28. The number of aryl methyl sites for hydroxylation is 1. The monoisotopic (exact) mass is 608 g/mol. The number of nitrogens with one attached hydrogen (secondary N) is 2. The maximum atomic E-state index is 15.5. The lowest BCUT2D eigenvalue weighted by Crippen LogP contribution is -2.35. The molecule has 3 heterocycles. The number of anilines is 1. The van der Waals surface area contributed by atoms with Gasteiger partial charge in [-0.2, -0.15) is 0 Å². The number of rotatable bonds is 5. The molecule has 5 rings (SSSR count). The average molecular weight is 610 g/mol. The number of fused-ring (bicyclic) bond motifs is 1. The molecule has 214 valence electrons. The smallest absolute Gasteiger partial charge is 0.275 e. The van der Waals surface area contributed by atoms with Crippen molar-refractivity contribution >= 4 is 59.2 Å². The normalized spacial score (nSPS) is 17.7. The van der Waals surface area contributed by atoms with E-state index >= 15 is 8.78 Å². The highest BCUT2D eigenvalue weighted by Crippen LogP contribution is 2.43. The summed E-state index contributed by atoms with van der Waals surface area (Å²) in [6.07, 6.45) is 2.30. The molecule has 1 saturated heterocycles. The standard InChI is InChI=1S/C29H30F2N4O2S.2ClH/c1-19-26(38-27(34-19)21-7-3-2-4-8-21)28(37)35-16-13-29(30,31)23(22-9-5-6-10-24(22)35)17-25(36)33-18-20-11-14-32-15-12-20;;/h2-10,17,20,32H,11-16,18H2,1H3,(H,33,36);2*1H. The van der Waals surface area contributed by atoms with E-state index in [2.05, 4.69) is 15.6 Å². The fourth-order valence-electron chi connectivity index (χ4n) is 4.97. The zero-order valence-corrected chi connectivity index (χ0v) is 24.4.